The van der Waals surface area contributed by atoms with Gasteiger partial charge in [0.1, 0.15) is 5.69 Å². The van der Waals surface area contributed by atoms with Crippen LogP contribution < -0.4 is 10.6 Å². The second-order valence-corrected chi connectivity index (χ2v) is 8.37. The van der Waals surface area contributed by atoms with Crippen molar-refractivity contribution < 1.29 is 4.79 Å². The summed E-state index contributed by atoms with van der Waals surface area (Å²) in [6.45, 7) is 11.7. The molecule has 0 spiro atoms. The van der Waals surface area contributed by atoms with Gasteiger partial charge in [-0.25, -0.2) is 0 Å². The predicted molar refractivity (Wildman–Crippen MR) is 99.8 cm³/mol. The van der Waals surface area contributed by atoms with Gasteiger partial charge >= 0.3 is 0 Å². The highest BCUT2D eigenvalue weighted by atomic mass is 16.2. The molecule has 6 nitrogen and oxygen atoms in total. The van der Waals surface area contributed by atoms with Gasteiger partial charge in [-0.3, -0.25) is 14.4 Å². The zero-order chi connectivity index (χ0) is 17.9. The second kappa shape index (κ2) is 7.87. The van der Waals surface area contributed by atoms with Crippen LogP contribution in [-0.4, -0.2) is 58.9 Å². The Bertz CT molecular complexity index is 576. The Morgan fingerprint density at radius 3 is 2.96 bits per heavy atom. The minimum absolute atomic E-state index is 0.0276. The van der Waals surface area contributed by atoms with Gasteiger partial charge in [-0.15, -0.1) is 0 Å². The Morgan fingerprint density at radius 1 is 1.40 bits per heavy atom. The Morgan fingerprint density at radius 2 is 2.24 bits per heavy atom. The van der Waals surface area contributed by atoms with Crippen LogP contribution in [0.2, 0.25) is 0 Å². The van der Waals surface area contributed by atoms with E-state index in [0.717, 1.165) is 44.9 Å². The maximum absolute atomic E-state index is 12.5. The molecular weight excluding hydrogens is 314 g/mol. The lowest BCUT2D eigenvalue weighted by atomic mass is 9.93. The van der Waals surface area contributed by atoms with Crippen molar-refractivity contribution in [2.45, 2.75) is 58.0 Å². The van der Waals surface area contributed by atoms with Crippen molar-refractivity contribution in [3.8, 4) is 0 Å². The molecule has 0 bridgehead atoms. The van der Waals surface area contributed by atoms with E-state index in [0.29, 0.717) is 18.3 Å². The molecule has 0 saturated carbocycles. The lowest BCUT2D eigenvalue weighted by Gasteiger charge is -2.43. The highest BCUT2D eigenvalue weighted by molar-refractivity contribution is 5.92. The van der Waals surface area contributed by atoms with E-state index in [-0.39, 0.29) is 11.4 Å². The molecule has 2 atom stereocenters. The van der Waals surface area contributed by atoms with Crippen molar-refractivity contribution in [2.75, 3.05) is 32.7 Å². The van der Waals surface area contributed by atoms with Crippen molar-refractivity contribution in [3.05, 3.63) is 18.0 Å². The number of nitrogens with one attached hydrogen (secondary N) is 2. The maximum atomic E-state index is 12.5. The topological polar surface area (TPSA) is 62.2 Å². The zero-order valence-electron chi connectivity index (χ0n) is 15.9. The number of aromatic nitrogens is 2. The Balaban J connectivity index is 1.54. The first kappa shape index (κ1) is 18.4. The van der Waals surface area contributed by atoms with E-state index in [4.69, 9.17) is 0 Å². The molecule has 0 aromatic carbocycles. The first-order valence-corrected chi connectivity index (χ1v) is 9.75. The van der Waals surface area contributed by atoms with Gasteiger partial charge in [-0.05, 0) is 64.6 Å². The monoisotopic (exact) mass is 347 g/mol. The van der Waals surface area contributed by atoms with Crippen LogP contribution in [0.4, 0.5) is 0 Å². The summed E-state index contributed by atoms with van der Waals surface area (Å²) in [6.07, 6.45) is 6.78. The quantitative estimate of drug-likeness (QED) is 0.856. The minimum atomic E-state index is -0.0688. The standard InChI is InChI=1S/C19H33N5O/c1-15-6-5-10-23(13-15)19(2,3)14-21-18(25)17-8-11-24(22-17)16-7-4-9-20-12-16/h8,11,15-16,20H,4-7,9-10,12-14H2,1-3H3,(H,21,25). The molecule has 0 radical (unpaired) electrons. The van der Waals surface area contributed by atoms with Crippen LogP contribution >= 0.6 is 0 Å². The van der Waals surface area contributed by atoms with Crippen LogP contribution in [0.5, 0.6) is 0 Å². The van der Waals surface area contributed by atoms with E-state index in [1.165, 1.54) is 12.8 Å². The number of likely N-dealkylation sites (tertiary alicyclic amines) is 1. The highest BCUT2D eigenvalue weighted by Gasteiger charge is 2.30. The van der Waals surface area contributed by atoms with Crippen LogP contribution in [0.25, 0.3) is 0 Å². The first-order chi connectivity index (χ1) is 12.0. The van der Waals surface area contributed by atoms with Crippen molar-refractivity contribution in [3.63, 3.8) is 0 Å². The fourth-order valence-corrected chi connectivity index (χ4v) is 3.96. The third-order valence-electron chi connectivity index (χ3n) is 5.68. The third kappa shape index (κ3) is 4.61. The Labute approximate surface area is 151 Å². The van der Waals surface area contributed by atoms with Crippen LogP contribution in [0.15, 0.2) is 12.3 Å². The van der Waals surface area contributed by atoms with Gasteiger partial charge in [0.15, 0.2) is 0 Å². The number of rotatable bonds is 5. The number of hydrogen-bond acceptors (Lipinski definition) is 4. The van der Waals surface area contributed by atoms with E-state index in [9.17, 15) is 4.79 Å². The number of nitrogens with zero attached hydrogens (tertiary/aromatic N) is 3. The van der Waals surface area contributed by atoms with Crippen LogP contribution in [0, 0.1) is 5.92 Å². The van der Waals surface area contributed by atoms with Gasteiger partial charge in [0.25, 0.3) is 5.91 Å². The summed E-state index contributed by atoms with van der Waals surface area (Å²) in [7, 11) is 0. The number of hydrogen-bond donors (Lipinski definition) is 2. The molecule has 0 aliphatic carbocycles. The van der Waals surface area contributed by atoms with E-state index in [1.807, 2.05) is 16.9 Å². The molecule has 3 rings (SSSR count). The smallest absolute Gasteiger partial charge is 0.271 e. The lowest BCUT2D eigenvalue weighted by Crippen LogP contribution is -2.54. The molecule has 2 unspecified atom stereocenters. The van der Waals surface area contributed by atoms with E-state index in [1.54, 1.807) is 0 Å². The first-order valence-electron chi connectivity index (χ1n) is 9.75. The molecule has 2 aliphatic rings. The van der Waals surface area contributed by atoms with Gasteiger partial charge < -0.3 is 10.6 Å². The fourth-order valence-electron chi connectivity index (χ4n) is 3.96. The molecule has 2 N–H and O–H groups in total. The molecule has 140 valence electrons. The summed E-state index contributed by atoms with van der Waals surface area (Å²) in [5.41, 5.74) is 0.494. The SMILES string of the molecule is CC1CCCN(C(C)(C)CNC(=O)c2ccn(C3CCCNC3)n2)C1. The molecular formula is C19H33N5O. The summed E-state index contributed by atoms with van der Waals surface area (Å²) in [5.74, 6) is 0.671. The minimum Gasteiger partial charge on any atom is -0.349 e. The molecule has 1 aromatic heterocycles. The summed E-state index contributed by atoms with van der Waals surface area (Å²) in [4.78, 5) is 15.0. The number of carbonyl (C=O) groups excluding carboxylic acids is 1. The molecule has 3 heterocycles. The summed E-state index contributed by atoms with van der Waals surface area (Å²) in [6, 6.07) is 2.20. The van der Waals surface area contributed by atoms with E-state index < -0.39 is 0 Å². The molecule has 1 aromatic rings. The number of piperidine rings is 2. The van der Waals surface area contributed by atoms with Gasteiger partial charge in [0, 0.05) is 31.4 Å². The lowest BCUT2D eigenvalue weighted by molar-refractivity contribution is 0.0655. The average Bonchev–Trinajstić information content (AvgIpc) is 3.11. The largest absolute Gasteiger partial charge is 0.349 e. The molecule has 2 saturated heterocycles. The van der Waals surface area contributed by atoms with Gasteiger partial charge in [0.05, 0.1) is 6.04 Å². The highest BCUT2D eigenvalue weighted by Crippen LogP contribution is 2.23. The second-order valence-electron chi connectivity index (χ2n) is 8.37. The average molecular weight is 348 g/mol. The van der Waals surface area contributed by atoms with Crippen molar-refractivity contribution >= 4 is 5.91 Å². The molecule has 25 heavy (non-hydrogen) atoms. The van der Waals surface area contributed by atoms with Crippen molar-refractivity contribution in [2.24, 2.45) is 5.92 Å². The molecule has 1 amide bonds. The van der Waals surface area contributed by atoms with E-state index >= 15 is 0 Å². The van der Waals surface area contributed by atoms with E-state index in [2.05, 4.69) is 41.4 Å². The Hall–Kier alpha value is -1.40. The maximum Gasteiger partial charge on any atom is 0.271 e. The summed E-state index contributed by atoms with van der Waals surface area (Å²) in [5, 5.41) is 11.0. The van der Waals surface area contributed by atoms with Gasteiger partial charge in [-0.1, -0.05) is 6.92 Å². The summed E-state index contributed by atoms with van der Waals surface area (Å²) < 4.78 is 1.94. The fraction of sp³-hybridized carbons (Fsp3) is 0.789. The number of carbonyl (C=O) groups is 1. The normalized spacial score (nSPS) is 25.7. The van der Waals surface area contributed by atoms with Crippen LogP contribution in [0.3, 0.4) is 0 Å². The number of amides is 1. The Kier molecular flexibility index (Phi) is 5.79. The molecule has 2 fully saturated rings. The molecule has 6 heteroatoms. The van der Waals surface area contributed by atoms with Gasteiger partial charge in [0.2, 0.25) is 0 Å². The van der Waals surface area contributed by atoms with Crippen molar-refractivity contribution in [1.82, 2.24) is 25.3 Å². The molecule has 2 aliphatic heterocycles. The van der Waals surface area contributed by atoms with Crippen LogP contribution in [0.1, 0.15) is 63.0 Å². The van der Waals surface area contributed by atoms with Crippen molar-refractivity contribution in [1.29, 1.82) is 0 Å². The summed E-state index contributed by atoms with van der Waals surface area (Å²) >= 11 is 0. The predicted octanol–water partition coefficient (Wildman–Crippen LogP) is 2.05. The zero-order valence-corrected chi connectivity index (χ0v) is 15.9. The third-order valence-corrected chi connectivity index (χ3v) is 5.68. The van der Waals surface area contributed by atoms with Gasteiger partial charge in [-0.2, -0.15) is 5.10 Å². The van der Waals surface area contributed by atoms with Crippen LogP contribution in [-0.2, 0) is 0 Å².